The van der Waals surface area contributed by atoms with E-state index in [0.717, 1.165) is 16.9 Å². The first-order valence-electron chi connectivity index (χ1n) is 6.92. The Morgan fingerprint density at radius 3 is 2.24 bits per heavy atom. The van der Waals surface area contributed by atoms with Gasteiger partial charge in [0.25, 0.3) is 0 Å². The molecule has 2 N–H and O–H groups in total. The van der Waals surface area contributed by atoms with Gasteiger partial charge in [0.2, 0.25) is 0 Å². The number of nitrogens with zero attached hydrogens (tertiary/aromatic N) is 1. The fourth-order valence-electron chi connectivity index (χ4n) is 2.38. The van der Waals surface area contributed by atoms with E-state index in [4.69, 9.17) is 10.5 Å². The Bertz CT molecular complexity index is 554. The van der Waals surface area contributed by atoms with Gasteiger partial charge in [-0.2, -0.15) is 0 Å². The standard InChI is InChI=1S/C17H21FN2O/c1-20(12-13-3-7-15(18)8-4-13)17(11-19)14-5-9-16(21-2)10-6-14/h3-10,17H,11-12,19H2,1-2H3. The average Bonchev–Trinajstić information content (AvgIpc) is 2.51. The van der Waals surface area contributed by atoms with Crippen LogP contribution in [0.15, 0.2) is 48.5 Å². The Labute approximate surface area is 125 Å². The lowest BCUT2D eigenvalue weighted by atomic mass is 10.0. The number of rotatable bonds is 6. The largest absolute Gasteiger partial charge is 0.497 e. The van der Waals surface area contributed by atoms with Crippen LogP contribution < -0.4 is 10.5 Å². The lowest BCUT2D eigenvalue weighted by Gasteiger charge is -2.27. The molecule has 0 aliphatic heterocycles. The molecule has 0 heterocycles. The van der Waals surface area contributed by atoms with Gasteiger partial charge in [0, 0.05) is 19.1 Å². The monoisotopic (exact) mass is 288 g/mol. The van der Waals surface area contributed by atoms with E-state index in [2.05, 4.69) is 4.90 Å². The molecule has 3 nitrogen and oxygen atoms in total. The van der Waals surface area contributed by atoms with Crippen molar-refractivity contribution in [1.82, 2.24) is 4.90 Å². The number of hydrogen-bond acceptors (Lipinski definition) is 3. The van der Waals surface area contributed by atoms with Crippen molar-refractivity contribution in [3.8, 4) is 5.75 Å². The molecular formula is C17H21FN2O. The number of hydrogen-bond donors (Lipinski definition) is 1. The van der Waals surface area contributed by atoms with E-state index in [9.17, 15) is 4.39 Å². The first-order valence-corrected chi connectivity index (χ1v) is 6.92. The molecule has 21 heavy (non-hydrogen) atoms. The summed E-state index contributed by atoms with van der Waals surface area (Å²) in [6, 6.07) is 14.6. The van der Waals surface area contributed by atoms with Crippen molar-refractivity contribution in [2.24, 2.45) is 5.73 Å². The van der Waals surface area contributed by atoms with Gasteiger partial charge in [-0.3, -0.25) is 4.90 Å². The van der Waals surface area contributed by atoms with Gasteiger partial charge in [-0.25, -0.2) is 4.39 Å². The van der Waals surface area contributed by atoms with Crippen LogP contribution in [0, 0.1) is 5.82 Å². The number of ether oxygens (including phenoxy) is 1. The second kappa shape index (κ2) is 7.20. The highest BCUT2D eigenvalue weighted by Crippen LogP contribution is 2.22. The molecule has 0 radical (unpaired) electrons. The molecule has 112 valence electrons. The van der Waals surface area contributed by atoms with E-state index in [-0.39, 0.29) is 11.9 Å². The Morgan fingerprint density at radius 2 is 1.71 bits per heavy atom. The van der Waals surface area contributed by atoms with Crippen LogP contribution in [0.1, 0.15) is 17.2 Å². The first kappa shape index (κ1) is 15.5. The molecule has 1 unspecified atom stereocenters. The Kier molecular flexibility index (Phi) is 5.31. The van der Waals surface area contributed by atoms with Gasteiger partial charge < -0.3 is 10.5 Å². The first-order chi connectivity index (χ1) is 10.1. The lowest BCUT2D eigenvalue weighted by molar-refractivity contribution is 0.241. The molecule has 0 amide bonds. The molecule has 0 bridgehead atoms. The van der Waals surface area contributed by atoms with Crippen molar-refractivity contribution in [3.63, 3.8) is 0 Å². The minimum atomic E-state index is -0.216. The second-order valence-electron chi connectivity index (χ2n) is 5.07. The average molecular weight is 288 g/mol. The van der Waals surface area contributed by atoms with Gasteiger partial charge in [-0.1, -0.05) is 24.3 Å². The summed E-state index contributed by atoms with van der Waals surface area (Å²) in [7, 11) is 3.67. The molecule has 0 aliphatic carbocycles. The van der Waals surface area contributed by atoms with E-state index in [1.807, 2.05) is 31.3 Å². The van der Waals surface area contributed by atoms with Gasteiger partial charge in [0.1, 0.15) is 11.6 Å². The van der Waals surface area contributed by atoms with Gasteiger partial charge in [-0.05, 0) is 42.4 Å². The van der Waals surface area contributed by atoms with Crippen LogP contribution in [0.3, 0.4) is 0 Å². The van der Waals surface area contributed by atoms with Crippen molar-refractivity contribution in [3.05, 3.63) is 65.5 Å². The maximum atomic E-state index is 12.9. The number of likely N-dealkylation sites (N-methyl/N-ethyl adjacent to an activating group) is 1. The topological polar surface area (TPSA) is 38.5 Å². The number of benzene rings is 2. The maximum absolute atomic E-state index is 12.9. The fraction of sp³-hybridized carbons (Fsp3) is 0.294. The summed E-state index contributed by atoms with van der Waals surface area (Å²) < 4.78 is 18.1. The van der Waals surface area contributed by atoms with E-state index in [0.29, 0.717) is 13.1 Å². The summed E-state index contributed by atoms with van der Waals surface area (Å²) in [5, 5.41) is 0. The molecule has 2 rings (SSSR count). The Morgan fingerprint density at radius 1 is 1.10 bits per heavy atom. The highest BCUT2D eigenvalue weighted by Gasteiger charge is 2.15. The fourth-order valence-corrected chi connectivity index (χ4v) is 2.38. The van der Waals surface area contributed by atoms with Gasteiger partial charge in [0.15, 0.2) is 0 Å². The van der Waals surface area contributed by atoms with Gasteiger partial charge in [0.05, 0.1) is 7.11 Å². The minimum Gasteiger partial charge on any atom is -0.497 e. The summed E-state index contributed by atoms with van der Waals surface area (Å²) in [5.74, 6) is 0.614. The number of methoxy groups -OCH3 is 1. The summed E-state index contributed by atoms with van der Waals surface area (Å²) in [6.07, 6.45) is 0. The van der Waals surface area contributed by atoms with Crippen LogP contribution >= 0.6 is 0 Å². The van der Waals surface area contributed by atoms with Gasteiger partial charge >= 0.3 is 0 Å². The molecule has 4 heteroatoms. The molecule has 0 saturated carbocycles. The molecule has 0 saturated heterocycles. The zero-order valence-electron chi connectivity index (χ0n) is 12.4. The van der Waals surface area contributed by atoms with E-state index in [1.54, 1.807) is 19.2 Å². The highest BCUT2D eigenvalue weighted by atomic mass is 19.1. The Hall–Kier alpha value is -1.91. The third kappa shape index (κ3) is 4.03. The summed E-state index contributed by atoms with van der Waals surface area (Å²) in [4.78, 5) is 2.16. The number of nitrogens with two attached hydrogens (primary N) is 1. The highest BCUT2D eigenvalue weighted by molar-refractivity contribution is 5.29. The van der Waals surface area contributed by atoms with Crippen LogP contribution in [0.4, 0.5) is 4.39 Å². The predicted octanol–water partition coefficient (Wildman–Crippen LogP) is 2.97. The van der Waals surface area contributed by atoms with Crippen LogP contribution in [-0.2, 0) is 6.54 Å². The molecular weight excluding hydrogens is 267 g/mol. The van der Waals surface area contributed by atoms with Crippen molar-refractivity contribution < 1.29 is 9.13 Å². The molecule has 2 aromatic rings. The molecule has 1 atom stereocenters. The third-order valence-electron chi connectivity index (χ3n) is 3.60. The lowest BCUT2D eigenvalue weighted by Crippen LogP contribution is -2.30. The normalized spacial score (nSPS) is 12.4. The predicted molar refractivity (Wildman–Crippen MR) is 82.7 cm³/mol. The summed E-state index contributed by atoms with van der Waals surface area (Å²) in [5.41, 5.74) is 8.12. The van der Waals surface area contributed by atoms with Crippen molar-refractivity contribution in [1.29, 1.82) is 0 Å². The van der Waals surface area contributed by atoms with Crippen LogP contribution in [0.25, 0.3) is 0 Å². The minimum absolute atomic E-state index is 0.112. The molecule has 2 aromatic carbocycles. The molecule has 0 spiro atoms. The molecule has 0 aromatic heterocycles. The van der Waals surface area contributed by atoms with E-state index in [1.165, 1.54) is 12.1 Å². The quantitative estimate of drug-likeness (QED) is 0.888. The third-order valence-corrected chi connectivity index (χ3v) is 3.60. The van der Waals surface area contributed by atoms with Crippen LogP contribution in [-0.4, -0.2) is 25.6 Å². The smallest absolute Gasteiger partial charge is 0.123 e. The van der Waals surface area contributed by atoms with Crippen molar-refractivity contribution in [2.75, 3.05) is 20.7 Å². The van der Waals surface area contributed by atoms with E-state index < -0.39 is 0 Å². The van der Waals surface area contributed by atoms with Gasteiger partial charge in [-0.15, -0.1) is 0 Å². The van der Waals surface area contributed by atoms with Crippen LogP contribution in [0.2, 0.25) is 0 Å². The molecule has 0 aliphatic rings. The number of halogens is 1. The maximum Gasteiger partial charge on any atom is 0.123 e. The second-order valence-corrected chi connectivity index (χ2v) is 5.07. The zero-order chi connectivity index (χ0) is 15.2. The van der Waals surface area contributed by atoms with Crippen molar-refractivity contribution in [2.45, 2.75) is 12.6 Å². The Balaban J connectivity index is 2.09. The zero-order valence-corrected chi connectivity index (χ0v) is 12.4. The van der Waals surface area contributed by atoms with Crippen LogP contribution in [0.5, 0.6) is 5.75 Å². The summed E-state index contributed by atoms with van der Waals surface area (Å²) >= 11 is 0. The summed E-state index contributed by atoms with van der Waals surface area (Å²) in [6.45, 7) is 1.23. The SMILES string of the molecule is COc1ccc(C(CN)N(C)Cc2ccc(F)cc2)cc1. The van der Waals surface area contributed by atoms with Crippen molar-refractivity contribution >= 4 is 0 Å². The molecule has 0 fully saturated rings. The van der Waals surface area contributed by atoms with E-state index >= 15 is 0 Å².